The van der Waals surface area contributed by atoms with Crippen molar-refractivity contribution in [3.05, 3.63) is 0 Å². The summed E-state index contributed by atoms with van der Waals surface area (Å²) in [7, 11) is -2.85. The van der Waals surface area contributed by atoms with Gasteiger partial charge in [-0.1, -0.05) is 19.8 Å². The zero-order valence-corrected chi connectivity index (χ0v) is 12.9. The van der Waals surface area contributed by atoms with Gasteiger partial charge in [-0.25, -0.2) is 8.42 Å². The van der Waals surface area contributed by atoms with Crippen molar-refractivity contribution in [3.8, 4) is 0 Å². The van der Waals surface area contributed by atoms with Crippen molar-refractivity contribution < 1.29 is 13.2 Å². The second kappa shape index (κ2) is 10.8. The Morgan fingerprint density at radius 3 is 2.39 bits per heavy atom. The summed E-state index contributed by atoms with van der Waals surface area (Å²) in [6.07, 6.45) is 4.04. The fourth-order valence-corrected chi connectivity index (χ4v) is 2.85. The lowest BCUT2D eigenvalue weighted by Crippen LogP contribution is -2.26. The third-order valence-electron chi connectivity index (χ3n) is 2.60. The van der Waals surface area contributed by atoms with E-state index in [1.807, 2.05) is 13.8 Å². The fourth-order valence-electron chi connectivity index (χ4n) is 1.54. The van der Waals surface area contributed by atoms with Crippen molar-refractivity contribution in [2.24, 2.45) is 0 Å². The Morgan fingerprint density at radius 1 is 1.06 bits per heavy atom. The molecule has 0 aliphatic rings. The molecular formula is C13H29NO3S. The molecule has 5 heteroatoms. The summed E-state index contributed by atoms with van der Waals surface area (Å²) < 4.78 is 28.6. The lowest BCUT2D eigenvalue weighted by molar-refractivity contribution is 0.0772. The summed E-state index contributed by atoms with van der Waals surface area (Å²) in [5, 5.41) is 3.15. The van der Waals surface area contributed by atoms with Crippen molar-refractivity contribution in [1.82, 2.24) is 5.32 Å². The molecule has 0 unspecified atom stereocenters. The molecule has 4 nitrogen and oxygen atoms in total. The molecule has 0 aromatic heterocycles. The van der Waals surface area contributed by atoms with Crippen LogP contribution in [0.2, 0.25) is 0 Å². The van der Waals surface area contributed by atoms with E-state index >= 15 is 0 Å². The van der Waals surface area contributed by atoms with Crippen LogP contribution in [0.25, 0.3) is 0 Å². The fraction of sp³-hybridized carbons (Fsp3) is 1.00. The van der Waals surface area contributed by atoms with E-state index < -0.39 is 9.84 Å². The predicted molar refractivity (Wildman–Crippen MR) is 76.8 cm³/mol. The normalized spacial score (nSPS) is 12.2. The monoisotopic (exact) mass is 279 g/mol. The van der Waals surface area contributed by atoms with Gasteiger partial charge in [-0.2, -0.15) is 0 Å². The number of sulfone groups is 1. The third-order valence-corrected chi connectivity index (χ3v) is 4.33. The highest BCUT2D eigenvalue weighted by Crippen LogP contribution is 1.99. The molecule has 0 atom stereocenters. The van der Waals surface area contributed by atoms with Gasteiger partial charge in [-0.3, -0.25) is 0 Å². The quantitative estimate of drug-likeness (QED) is 0.555. The minimum Gasteiger partial charge on any atom is -0.379 e. The van der Waals surface area contributed by atoms with E-state index in [-0.39, 0.29) is 11.9 Å². The second-order valence-electron chi connectivity index (χ2n) is 4.88. The minimum atomic E-state index is -2.85. The van der Waals surface area contributed by atoms with Crippen LogP contribution in [0.15, 0.2) is 0 Å². The molecule has 18 heavy (non-hydrogen) atoms. The van der Waals surface area contributed by atoms with Crippen LogP contribution in [-0.2, 0) is 14.6 Å². The van der Waals surface area contributed by atoms with Gasteiger partial charge in [0.15, 0.2) is 9.84 Å². The summed E-state index contributed by atoms with van der Waals surface area (Å²) in [6, 6.07) is 0. The maximum Gasteiger partial charge on any atom is 0.151 e. The Morgan fingerprint density at radius 2 is 1.78 bits per heavy atom. The summed E-state index contributed by atoms with van der Waals surface area (Å²) >= 11 is 0. The van der Waals surface area contributed by atoms with Crippen molar-refractivity contribution >= 4 is 9.84 Å². The molecule has 0 aromatic carbocycles. The maximum atomic E-state index is 11.6. The van der Waals surface area contributed by atoms with Crippen LogP contribution >= 0.6 is 0 Å². The molecule has 0 amide bonds. The summed E-state index contributed by atoms with van der Waals surface area (Å²) in [4.78, 5) is 0. The number of rotatable bonds is 12. The average Bonchev–Trinajstić information content (AvgIpc) is 2.27. The number of unbranched alkanes of at least 4 members (excludes halogenated alkanes) is 2. The van der Waals surface area contributed by atoms with Crippen molar-refractivity contribution in [2.45, 2.75) is 52.6 Å². The molecule has 0 fully saturated rings. The molecular weight excluding hydrogens is 250 g/mol. The zero-order valence-electron chi connectivity index (χ0n) is 12.1. The van der Waals surface area contributed by atoms with Gasteiger partial charge in [0, 0.05) is 13.2 Å². The van der Waals surface area contributed by atoms with Crippen LogP contribution in [0.5, 0.6) is 0 Å². The smallest absolute Gasteiger partial charge is 0.151 e. The number of hydrogen-bond acceptors (Lipinski definition) is 4. The van der Waals surface area contributed by atoms with Crippen molar-refractivity contribution in [1.29, 1.82) is 0 Å². The van der Waals surface area contributed by atoms with Gasteiger partial charge in [0.05, 0.1) is 17.6 Å². The predicted octanol–water partition coefficient (Wildman–Crippen LogP) is 2.00. The van der Waals surface area contributed by atoms with E-state index in [1.165, 1.54) is 0 Å². The first-order valence-corrected chi connectivity index (χ1v) is 8.83. The zero-order chi connectivity index (χ0) is 13.9. The first-order chi connectivity index (χ1) is 8.48. The van der Waals surface area contributed by atoms with Crippen LogP contribution in [-0.4, -0.2) is 45.7 Å². The molecule has 0 bridgehead atoms. The van der Waals surface area contributed by atoms with Gasteiger partial charge in [0.2, 0.25) is 0 Å². The average molecular weight is 279 g/mol. The minimum absolute atomic E-state index is 0.252. The molecule has 0 heterocycles. The van der Waals surface area contributed by atoms with E-state index in [0.717, 1.165) is 38.8 Å². The molecule has 0 aliphatic carbocycles. The first kappa shape index (κ1) is 17.9. The van der Waals surface area contributed by atoms with E-state index in [4.69, 9.17) is 4.74 Å². The highest BCUT2D eigenvalue weighted by molar-refractivity contribution is 7.91. The summed E-state index contributed by atoms with van der Waals surface area (Å²) in [6.45, 7) is 8.20. The standard InChI is InChI=1S/C13H29NO3S/c1-4-5-6-11-18(15,16)12-9-14-8-7-10-17-13(2)3/h13-14H,4-12H2,1-3H3. The van der Waals surface area contributed by atoms with E-state index in [1.54, 1.807) is 0 Å². The molecule has 0 saturated heterocycles. The Kier molecular flexibility index (Phi) is 10.7. The number of ether oxygens (including phenoxy) is 1. The van der Waals surface area contributed by atoms with E-state index in [0.29, 0.717) is 12.3 Å². The van der Waals surface area contributed by atoms with Crippen LogP contribution in [0.4, 0.5) is 0 Å². The van der Waals surface area contributed by atoms with Gasteiger partial charge < -0.3 is 10.1 Å². The van der Waals surface area contributed by atoms with Gasteiger partial charge in [-0.05, 0) is 33.2 Å². The topological polar surface area (TPSA) is 55.4 Å². The Hall–Kier alpha value is -0.130. The number of hydrogen-bond donors (Lipinski definition) is 1. The van der Waals surface area contributed by atoms with Gasteiger partial charge in [0.1, 0.15) is 0 Å². The lowest BCUT2D eigenvalue weighted by atomic mass is 10.3. The highest BCUT2D eigenvalue weighted by atomic mass is 32.2. The van der Waals surface area contributed by atoms with E-state index in [2.05, 4.69) is 12.2 Å². The van der Waals surface area contributed by atoms with Crippen LogP contribution in [0.1, 0.15) is 46.5 Å². The Labute approximate surface area is 112 Å². The molecule has 0 saturated carbocycles. The van der Waals surface area contributed by atoms with Crippen molar-refractivity contribution in [3.63, 3.8) is 0 Å². The molecule has 0 radical (unpaired) electrons. The molecule has 1 N–H and O–H groups in total. The summed E-state index contributed by atoms with van der Waals surface area (Å²) in [5.74, 6) is 0.584. The third kappa shape index (κ3) is 12.3. The molecule has 0 aliphatic heterocycles. The highest BCUT2D eigenvalue weighted by Gasteiger charge is 2.09. The van der Waals surface area contributed by atoms with Gasteiger partial charge in [-0.15, -0.1) is 0 Å². The maximum absolute atomic E-state index is 11.6. The second-order valence-corrected chi connectivity index (χ2v) is 7.19. The first-order valence-electron chi connectivity index (χ1n) is 7.00. The number of nitrogens with one attached hydrogen (secondary N) is 1. The molecule has 0 aromatic rings. The molecule has 0 spiro atoms. The van der Waals surface area contributed by atoms with Crippen LogP contribution in [0, 0.1) is 0 Å². The molecule has 110 valence electrons. The Balaban J connectivity index is 3.41. The Bertz CT molecular complexity index is 276. The largest absolute Gasteiger partial charge is 0.379 e. The van der Waals surface area contributed by atoms with Crippen LogP contribution in [0.3, 0.4) is 0 Å². The lowest BCUT2D eigenvalue weighted by Gasteiger charge is -2.08. The SMILES string of the molecule is CCCCCS(=O)(=O)CCNCCCOC(C)C. The van der Waals surface area contributed by atoms with Crippen LogP contribution < -0.4 is 5.32 Å². The van der Waals surface area contributed by atoms with E-state index in [9.17, 15) is 8.42 Å². The van der Waals surface area contributed by atoms with Crippen molar-refractivity contribution in [2.75, 3.05) is 31.2 Å². The van der Waals surface area contributed by atoms with Gasteiger partial charge in [0.25, 0.3) is 0 Å². The van der Waals surface area contributed by atoms with Gasteiger partial charge >= 0.3 is 0 Å². The summed E-state index contributed by atoms with van der Waals surface area (Å²) in [5.41, 5.74) is 0. The molecule has 0 rings (SSSR count).